The predicted molar refractivity (Wildman–Crippen MR) is 104 cm³/mol. The molecule has 0 bridgehead atoms. The minimum atomic E-state index is -0.354. The van der Waals surface area contributed by atoms with Gasteiger partial charge in [-0.2, -0.15) is 0 Å². The number of hydrogen-bond acceptors (Lipinski definition) is 7. The molecule has 8 heteroatoms. The molecule has 0 saturated heterocycles. The summed E-state index contributed by atoms with van der Waals surface area (Å²) in [5.74, 6) is -0.205. The van der Waals surface area contributed by atoms with Gasteiger partial charge in [-0.15, -0.1) is 0 Å². The first-order valence-electron chi connectivity index (χ1n) is 8.35. The summed E-state index contributed by atoms with van der Waals surface area (Å²) in [5.41, 5.74) is 1.93. The number of furan rings is 1. The van der Waals surface area contributed by atoms with E-state index in [4.69, 9.17) is 4.42 Å². The van der Waals surface area contributed by atoms with Crippen molar-refractivity contribution in [3.05, 3.63) is 82.9 Å². The molecule has 0 saturated carbocycles. The summed E-state index contributed by atoms with van der Waals surface area (Å²) >= 11 is 1.07. The molecule has 4 rings (SSSR count). The van der Waals surface area contributed by atoms with Crippen LogP contribution in [0.4, 0.5) is 5.13 Å². The molecule has 7 nitrogen and oxygen atoms in total. The Morgan fingerprint density at radius 2 is 2.04 bits per heavy atom. The number of carbonyl (C=O) groups excluding carboxylic acids is 2. The quantitative estimate of drug-likeness (QED) is 0.518. The van der Waals surface area contributed by atoms with E-state index >= 15 is 0 Å². The van der Waals surface area contributed by atoms with Crippen LogP contribution in [0.2, 0.25) is 0 Å². The van der Waals surface area contributed by atoms with Crippen LogP contribution in [0, 0.1) is 6.92 Å². The lowest BCUT2D eigenvalue weighted by Crippen LogP contribution is -2.12. The lowest BCUT2D eigenvalue weighted by molar-refractivity contribution is 0.102. The molecule has 0 spiro atoms. The van der Waals surface area contributed by atoms with Crippen molar-refractivity contribution in [2.75, 3.05) is 5.32 Å². The van der Waals surface area contributed by atoms with Gasteiger partial charge in [-0.05, 0) is 42.8 Å². The van der Waals surface area contributed by atoms with E-state index < -0.39 is 0 Å². The van der Waals surface area contributed by atoms with Gasteiger partial charge in [0.1, 0.15) is 16.3 Å². The molecule has 0 aliphatic heterocycles. The largest absolute Gasteiger partial charge is 0.463 e. The molecule has 4 aromatic heterocycles. The maximum atomic E-state index is 12.9. The zero-order valence-corrected chi connectivity index (χ0v) is 15.6. The molecule has 0 radical (unpaired) electrons. The summed E-state index contributed by atoms with van der Waals surface area (Å²) in [5, 5.41) is 3.02. The standard InChI is InChI=1S/C20H14N4O3S/c1-12-9-13(11-21-10-12)19(26)24-20-23-16(15-6-4-8-27-15)18(28-20)17(25)14-5-2-3-7-22-14/h2-11H,1H3,(H,23,24,26). The summed E-state index contributed by atoms with van der Waals surface area (Å²) in [6.07, 6.45) is 6.19. The lowest BCUT2D eigenvalue weighted by Gasteiger charge is -2.01. The first kappa shape index (κ1) is 17.7. The smallest absolute Gasteiger partial charge is 0.259 e. The van der Waals surface area contributed by atoms with Crippen LogP contribution >= 0.6 is 11.3 Å². The number of ketones is 1. The second-order valence-corrected chi connectivity index (χ2v) is 6.92. The minimum Gasteiger partial charge on any atom is -0.463 e. The zero-order valence-electron chi connectivity index (χ0n) is 14.7. The van der Waals surface area contributed by atoms with Gasteiger partial charge in [-0.3, -0.25) is 24.9 Å². The van der Waals surface area contributed by atoms with Crippen LogP contribution in [-0.4, -0.2) is 26.6 Å². The Balaban J connectivity index is 1.70. The van der Waals surface area contributed by atoms with E-state index in [1.807, 2.05) is 6.92 Å². The summed E-state index contributed by atoms with van der Waals surface area (Å²) in [6, 6.07) is 10.2. The SMILES string of the molecule is Cc1cncc(C(=O)Nc2nc(-c3ccco3)c(C(=O)c3ccccn3)s2)c1. The number of carbonyl (C=O) groups is 2. The van der Waals surface area contributed by atoms with Crippen LogP contribution in [0.5, 0.6) is 0 Å². The number of amides is 1. The first-order valence-corrected chi connectivity index (χ1v) is 9.17. The average molecular weight is 390 g/mol. The number of aromatic nitrogens is 3. The Labute approximate surface area is 164 Å². The van der Waals surface area contributed by atoms with E-state index in [0.29, 0.717) is 27.6 Å². The van der Waals surface area contributed by atoms with Crippen LogP contribution < -0.4 is 5.32 Å². The molecule has 0 aromatic carbocycles. The van der Waals surface area contributed by atoms with E-state index in [1.54, 1.807) is 48.8 Å². The van der Waals surface area contributed by atoms with Crippen molar-refractivity contribution in [2.45, 2.75) is 6.92 Å². The number of nitrogens with zero attached hydrogens (tertiary/aromatic N) is 3. The molecule has 0 aliphatic carbocycles. The van der Waals surface area contributed by atoms with Crippen LogP contribution in [-0.2, 0) is 0 Å². The summed E-state index contributed by atoms with van der Waals surface area (Å²) in [7, 11) is 0. The number of rotatable bonds is 5. The van der Waals surface area contributed by atoms with Gasteiger partial charge in [0.15, 0.2) is 10.9 Å². The Morgan fingerprint density at radius 3 is 2.75 bits per heavy atom. The molecule has 0 aliphatic rings. The monoisotopic (exact) mass is 390 g/mol. The molecule has 0 fully saturated rings. The number of nitrogens with one attached hydrogen (secondary N) is 1. The van der Waals surface area contributed by atoms with Crippen molar-refractivity contribution in [3.63, 3.8) is 0 Å². The van der Waals surface area contributed by atoms with E-state index in [-0.39, 0.29) is 16.8 Å². The van der Waals surface area contributed by atoms with Gasteiger partial charge in [0, 0.05) is 18.6 Å². The third-order valence-electron chi connectivity index (χ3n) is 3.84. The van der Waals surface area contributed by atoms with Crippen LogP contribution in [0.1, 0.15) is 31.3 Å². The van der Waals surface area contributed by atoms with Gasteiger partial charge < -0.3 is 4.42 Å². The predicted octanol–water partition coefficient (Wildman–Crippen LogP) is 3.98. The van der Waals surface area contributed by atoms with Gasteiger partial charge in [0.05, 0.1) is 11.8 Å². The number of aryl methyl sites for hydroxylation is 1. The van der Waals surface area contributed by atoms with Crippen molar-refractivity contribution in [3.8, 4) is 11.5 Å². The fraction of sp³-hybridized carbons (Fsp3) is 0.0500. The van der Waals surface area contributed by atoms with Gasteiger partial charge in [-0.1, -0.05) is 17.4 Å². The van der Waals surface area contributed by atoms with Gasteiger partial charge in [-0.25, -0.2) is 4.98 Å². The van der Waals surface area contributed by atoms with Crippen molar-refractivity contribution in [2.24, 2.45) is 0 Å². The van der Waals surface area contributed by atoms with Gasteiger partial charge in [0.2, 0.25) is 5.78 Å². The molecular formula is C20H14N4O3S. The van der Waals surface area contributed by atoms with Crippen LogP contribution in [0.3, 0.4) is 0 Å². The van der Waals surface area contributed by atoms with E-state index in [9.17, 15) is 9.59 Å². The van der Waals surface area contributed by atoms with E-state index in [0.717, 1.165) is 16.9 Å². The molecule has 28 heavy (non-hydrogen) atoms. The molecule has 1 amide bonds. The number of anilines is 1. The van der Waals surface area contributed by atoms with Crippen LogP contribution in [0.25, 0.3) is 11.5 Å². The second-order valence-electron chi connectivity index (χ2n) is 5.92. The normalized spacial score (nSPS) is 10.6. The average Bonchev–Trinajstić information content (AvgIpc) is 3.38. The minimum absolute atomic E-state index is 0.289. The Kier molecular flexibility index (Phi) is 4.77. The highest BCUT2D eigenvalue weighted by molar-refractivity contribution is 7.18. The van der Waals surface area contributed by atoms with Crippen LogP contribution in [0.15, 0.2) is 65.7 Å². The molecular weight excluding hydrogens is 376 g/mol. The number of thiazole rings is 1. The fourth-order valence-corrected chi connectivity index (χ4v) is 3.48. The van der Waals surface area contributed by atoms with E-state index in [1.165, 1.54) is 12.5 Å². The first-order chi connectivity index (χ1) is 13.6. The molecule has 0 atom stereocenters. The van der Waals surface area contributed by atoms with Gasteiger partial charge >= 0.3 is 0 Å². The summed E-state index contributed by atoms with van der Waals surface area (Å²) in [4.78, 5) is 38.3. The lowest BCUT2D eigenvalue weighted by atomic mass is 10.1. The third-order valence-corrected chi connectivity index (χ3v) is 4.81. The third kappa shape index (κ3) is 3.58. The van der Waals surface area contributed by atoms with Crippen molar-refractivity contribution in [1.82, 2.24) is 15.0 Å². The highest BCUT2D eigenvalue weighted by Crippen LogP contribution is 2.33. The molecule has 4 heterocycles. The Bertz CT molecular complexity index is 1140. The van der Waals surface area contributed by atoms with Crippen molar-refractivity contribution >= 4 is 28.2 Å². The molecule has 1 N–H and O–H groups in total. The van der Waals surface area contributed by atoms with Crippen molar-refractivity contribution < 1.29 is 14.0 Å². The Morgan fingerprint density at radius 1 is 1.14 bits per heavy atom. The highest BCUT2D eigenvalue weighted by atomic mass is 32.1. The maximum absolute atomic E-state index is 12.9. The Hall–Kier alpha value is -3.65. The molecule has 4 aromatic rings. The fourth-order valence-electron chi connectivity index (χ4n) is 2.57. The molecule has 138 valence electrons. The maximum Gasteiger partial charge on any atom is 0.259 e. The zero-order chi connectivity index (χ0) is 19.5. The topological polar surface area (TPSA) is 98.0 Å². The number of pyridine rings is 2. The highest BCUT2D eigenvalue weighted by Gasteiger charge is 2.24. The van der Waals surface area contributed by atoms with E-state index in [2.05, 4.69) is 20.3 Å². The van der Waals surface area contributed by atoms with Gasteiger partial charge in [0.25, 0.3) is 5.91 Å². The summed E-state index contributed by atoms with van der Waals surface area (Å²) in [6.45, 7) is 1.85. The number of hydrogen-bond donors (Lipinski definition) is 1. The molecule has 0 unspecified atom stereocenters. The van der Waals surface area contributed by atoms with Crippen molar-refractivity contribution in [1.29, 1.82) is 0 Å². The summed E-state index contributed by atoms with van der Waals surface area (Å²) < 4.78 is 5.41. The second kappa shape index (κ2) is 7.53.